The second kappa shape index (κ2) is 5.63. The summed E-state index contributed by atoms with van der Waals surface area (Å²) in [5.41, 5.74) is 0. The van der Waals surface area contributed by atoms with Crippen LogP contribution in [0, 0.1) is 0 Å². The molecule has 16 heavy (non-hydrogen) atoms. The highest BCUT2D eigenvalue weighted by Gasteiger charge is 2.22. The highest BCUT2D eigenvalue weighted by molar-refractivity contribution is 7.90. The Morgan fingerprint density at radius 1 is 1.50 bits per heavy atom. The number of amides is 1. The van der Waals surface area contributed by atoms with E-state index >= 15 is 0 Å². The zero-order valence-corrected chi connectivity index (χ0v) is 10.6. The number of hydrogen-bond donors (Lipinski definition) is 2. The fraction of sp³-hybridized carbons (Fsp3) is 0.900. The van der Waals surface area contributed by atoms with Gasteiger partial charge in [0, 0.05) is 24.8 Å². The van der Waals surface area contributed by atoms with Crippen LogP contribution in [-0.4, -0.2) is 45.0 Å². The number of carbonyl (C=O) groups is 1. The monoisotopic (exact) mass is 248 g/mol. The number of rotatable bonds is 4. The van der Waals surface area contributed by atoms with Crippen molar-refractivity contribution < 1.29 is 13.2 Å². The molecule has 0 aliphatic carbocycles. The van der Waals surface area contributed by atoms with Crippen molar-refractivity contribution in [3.63, 3.8) is 0 Å². The van der Waals surface area contributed by atoms with E-state index in [1.807, 2.05) is 6.92 Å². The minimum absolute atomic E-state index is 0.0576. The summed E-state index contributed by atoms with van der Waals surface area (Å²) in [6.45, 7) is 3.01. The topological polar surface area (TPSA) is 75.3 Å². The van der Waals surface area contributed by atoms with Gasteiger partial charge in [0.05, 0.1) is 5.75 Å². The summed E-state index contributed by atoms with van der Waals surface area (Å²) in [5, 5.41) is 6.15. The molecule has 0 aromatic heterocycles. The molecule has 1 saturated heterocycles. The molecule has 0 spiro atoms. The molecule has 2 unspecified atom stereocenters. The van der Waals surface area contributed by atoms with Gasteiger partial charge in [-0.15, -0.1) is 0 Å². The third-order valence-corrected chi connectivity index (χ3v) is 3.75. The minimum atomic E-state index is -3.05. The van der Waals surface area contributed by atoms with Gasteiger partial charge in [0.25, 0.3) is 0 Å². The second-order valence-corrected chi connectivity index (χ2v) is 6.70. The Morgan fingerprint density at radius 2 is 2.19 bits per heavy atom. The molecule has 2 atom stereocenters. The van der Waals surface area contributed by atoms with Crippen molar-refractivity contribution in [2.45, 2.75) is 38.3 Å². The van der Waals surface area contributed by atoms with Gasteiger partial charge in [-0.2, -0.15) is 0 Å². The third kappa shape index (κ3) is 4.94. The zero-order chi connectivity index (χ0) is 12.2. The van der Waals surface area contributed by atoms with E-state index in [4.69, 9.17) is 0 Å². The highest BCUT2D eigenvalue weighted by atomic mass is 32.2. The normalized spacial score (nSPS) is 26.4. The van der Waals surface area contributed by atoms with Gasteiger partial charge >= 0.3 is 0 Å². The van der Waals surface area contributed by atoms with Gasteiger partial charge in [-0.05, 0) is 26.3 Å². The van der Waals surface area contributed by atoms with Gasteiger partial charge in [-0.1, -0.05) is 0 Å². The fourth-order valence-corrected chi connectivity index (χ4v) is 2.35. The molecule has 0 aromatic carbocycles. The smallest absolute Gasteiger partial charge is 0.221 e. The maximum Gasteiger partial charge on any atom is 0.221 e. The third-order valence-electron chi connectivity index (χ3n) is 2.81. The Kier molecular flexibility index (Phi) is 4.73. The maximum absolute atomic E-state index is 11.5. The van der Waals surface area contributed by atoms with E-state index in [1.165, 1.54) is 0 Å². The van der Waals surface area contributed by atoms with E-state index in [2.05, 4.69) is 10.6 Å². The Balaban J connectivity index is 2.33. The summed E-state index contributed by atoms with van der Waals surface area (Å²) in [7, 11) is -3.05. The molecule has 94 valence electrons. The van der Waals surface area contributed by atoms with Gasteiger partial charge in [0.15, 0.2) is 0 Å². The van der Waals surface area contributed by atoms with E-state index in [1.54, 1.807) is 0 Å². The second-order valence-electron chi connectivity index (χ2n) is 4.44. The molecule has 2 N–H and O–H groups in total. The predicted octanol–water partition coefficient (Wildman–Crippen LogP) is -0.322. The molecule has 1 aliphatic heterocycles. The van der Waals surface area contributed by atoms with Gasteiger partial charge in [0.2, 0.25) is 5.91 Å². The predicted molar refractivity (Wildman–Crippen MR) is 63.0 cm³/mol. The average Bonchev–Trinajstić information content (AvgIpc) is 2.18. The van der Waals surface area contributed by atoms with Crippen LogP contribution in [0.2, 0.25) is 0 Å². The van der Waals surface area contributed by atoms with E-state index in [0.29, 0.717) is 0 Å². The van der Waals surface area contributed by atoms with Crippen LogP contribution >= 0.6 is 0 Å². The summed E-state index contributed by atoms with van der Waals surface area (Å²) >= 11 is 0. The van der Waals surface area contributed by atoms with E-state index in [9.17, 15) is 13.2 Å². The van der Waals surface area contributed by atoms with Crippen LogP contribution in [0.25, 0.3) is 0 Å². The molecule has 0 bridgehead atoms. The van der Waals surface area contributed by atoms with Crippen LogP contribution in [0.3, 0.4) is 0 Å². The van der Waals surface area contributed by atoms with E-state index in [0.717, 1.165) is 25.6 Å². The van der Waals surface area contributed by atoms with Crippen molar-refractivity contribution in [3.05, 3.63) is 0 Å². The van der Waals surface area contributed by atoms with Gasteiger partial charge in [0.1, 0.15) is 9.84 Å². The molecule has 0 radical (unpaired) electrons. The van der Waals surface area contributed by atoms with E-state index in [-0.39, 0.29) is 30.2 Å². The number of hydrogen-bond acceptors (Lipinski definition) is 4. The summed E-state index contributed by atoms with van der Waals surface area (Å²) < 4.78 is 21.8. The quantitative estimate of drug-likeness (QED) is 0.715. The Labute approximate surface area is 96.9 Å². The molecule has 1 aliphatic rings. The highest BCUT2D eigenvalue weighted by Crippen LogP contribution is 2.08. The summed E-state index contributed by atoms with van der Waals surface area (Å²) in [6.07, 6.45) is 3.20. The molecular formula is C10H20N2O3S. The average molecular weight is 248 g/mol. The zero-order valence-electron chi connectivity index (χ0n) is 9.82. The molecule has 0 aromatic rings. The number of nitrogens with one attached hydrogen (secondary N) is 2. The van der Waals surface area contributed by atoms with Crippen LogP contribution in [0.15, 0.2) is 0 Å². The first-order valence-electron chi connectivity index (χ1n) is 5.59. The van der Waals surface area contributed by atoms with Crippen LogP contribution in [-0.2, 0) is 14.6 Å². The van der Waals surface area contributed by atoms with Crippen LogP contribution < -0.4 is 10.6 Å². The molecule has 5 nitrogen and oxygen atoms in total. The van der Waals surface area contributed by atoms with Crippen LogP contribution in [0.1, 0.15) is 26.2 Å². The summed E-state index contributed by atoms with van der Waals surface area (Å²) in [4.78, 5) is 11.5. The van der Waals surface area contributed by atoms with Gasteiger partial charge in [-0.3, -0.25) is 4.79 Å². The van der Waals surface area contributed by atoms with Gasteiger partial charge in [-0.25, -0.2) is 8.42 Å². The Bertz CT molecular complexity index is 340. The first-order chi connectivity index (χ1) is 7.38. The van der Waals surface area contributed by atoms with Crippen molar-refractivity contribution in [1.82, 2.24) is 10.6 Å². The molecule has 1 heterocycles. The van der Waals surface area contributed by atoms with Crippen LogP contribution in [0.4, 0.5) is 0 Å². The lowest BCUT2D eigenvalue weighted by Gasteiger charge is -2.30. The lowest BCUT2D eigenvalue weighted by molar-refractivity contribution is -0.121. The maximum atomic E-state index is 11.5. The molecular weight excluding hydrogens is 228 g/mol. The number of piperidine rings is 1. The SMILES string of the molecule is CC1NCCCC1NC(=O)CCS(C)(=O)=O. The van der Waals surface area contributed by atoms with Crippen molar-refractivity contribution >= 4 is 15.7 Å². The molecule has 6 heteroatoms. The number of carbonyl (C=O) groups excluding carboxylic acids is 1. The van der Waals surface area contributed by atoms with Crippen LogP contribution in [0.5, 0.6) is 0 Å². The molecule has 0 saturated carbocycles. The largest absolute Gasteiger partial charge is 0.352 e. The molecule has 1 fully saturated rings. The van der Waals surface area contributed by atoms with Crippen molar-refractivity contribution in [2.24, 2.45) is 0 Å². The summed E-state index contributed by atoms with van der Waals surface area (Å²) in [6, 6.07) is 0.386. The van der Waals surface area contributed by atoms with Gasteiger partial charge < -0.3 is 10.6 Å². The van der Waals surface area contributed by atoms with Crippen molar-refractivity contribution in [1.29, 1.82) is 0 Å². The minimum Gasteiger partial charge on any atom is -0.352 e. The first kappa shape index (κ1) is 13.4. The molecule has 1 amide bonds. The Hall–Kier alpha value is -0.620. The molecule has 1 rings (SSSR count). The van der Waals surface area contributed by atoms with E-state index < -0.39 is 9.84 Å². The summed E-state index contributed by atoms with van der Waals surface area (Å²) in [5.74, 6) is -0.251. The first-order valence-corrected chi connectivity index (χ1v) is 7.65. The lowest BCUT2D eigenvalue weighted by atomic mass is 10.00. The van der Waals surface area contributed by atoms with Crippen molar-refractivity contribution in [2.75, 3.05) is 18.6 Å². The fourth-order valence-electron chi connectivity index (χ4n) is 1.80. The van der Waals surface area contributed by atoms with Crippen molar-refractivity contribution in [3.8, 4) is 0 Å². The standard InChI is InChI=1S/C10H20N2O3S/c1-8-9(4-3-6-11-8)12-10(13)5-7-16(2,14)15/h8-9,11H,3-7H2,1-2H3,(H,12,13). The Morgan fingerprint density at radius 3 is 2.75 bits per heavy atom. The number of sulfone groups is 1. The lowest BCUT2D eigenvalue weighted by Crippen LogP contribution is -2.52.